The molecule has 1 aromatic carbocycles. The van der Waals surface area contributed by atoms with Gasteiger partial charge in [-0.25, -0.2) is 0 Å². The van der Waals surface area contributed by atoms with Crippen molar-refractivity contribution in [1.82, 2.24) is 0 Å². The van der Waals surface area contributed by atoms with Gasteiger partial charge in [-0.3, -0.25) is 4.79 Å². The molecule has 1 aliphatic carbocycles. The van der Waals surface area contributed by atoms with Gasteiger partial charge < -0.3 is 4.90 Å². The monoisotopic (exact) mass is 231 g/mol. The standard InChI is InChI=1S/C15H21NO/c1-12-5-3-4-6-15(12)16(2)14-9-7-13(11-17)8-10-14/h7-12,15H,3-6H2,1-2H3. The predicted molar refractivity (Wildman–Crippen MR) is 71.7 cm³/mol. The highest BCUT2D eigenvalue weighted by Crippen LogP contribution is 2.30. The van der Waals surface area contributed by atoms with Crippen molar-refractivity contribution in [1.29, 1.82) is 0 Å². The first-order valence-corrected chi connectivity index (χ1v) is 6.50. The third kappa shape index (κ3) is 2.68. The molecule has 0 aliphatic heterocycles. The van der Waals surface area contributed by atoms with E-state index in [4.69, 9.17) is 0 Å². The molecule has 1 aromatic rings. The fraction of sp³-hybridized carbons (Fsp3) is 0.533. The molecule has 0 spiro atoms. The summed E-state index contributed by atoms with van der Waals surface area (Å²) in [5.74, 6) is 0.763. The molecule has 2 atom stereocenters. The SMILES string of the molecule is CC1CCCCC1N(C)c1ccc(C=O)cc1. The van der Waals surface area contributed by atoms with Gasteiger partial charge in [-0.1, -0.05) is 19.8 Å². The zero-order valence-electron chi connectivity index (χ0n) is 10.7. The Balaban J connectivity index is 2.11. The van der Waals surface area contributed by atoms with E-state index in [1.165, 1.54) is 31.4 Å². The first-order chi connectivity index (χ1) is 8.22. The molecule has 1 fully saturated rings. The summed E-state index contributed by atoms with van der Waals surface area (Å²) in [6.45, 7) is 2.35. The number of carbonyl (C=O) groups is 1. The lowest BCUT2D eigenvalue weighted by Crippen LogP contribution is -2.38. The Kier molecular flexibility index (Phi) is 3.82. The maximum absolute atomic E-state index is 10.6. The van der Waals surface area contributed by atoms with Gasteiger partial charge >= 0.3 is 0 Å². The summed E-state index contributed by atoms with van der Waals surface area (Å²) in [7, 11) is 2.17. The molecule has 0 radical (unpaired) electrons. The first kappa shape index (κ1) is 12.2. The molecule has 0 saturated heterocycles. The Morgan fingerprint density at radius 1 is 1.18 bits per heavy atom. The minimum absolute atomic E-state index is 0.644. The number of nitrogens with zero attached hydrogens (tertiary/aromatic N) is 1. The van der Waals surface area contributed by atoms with E-state index < -0.39 is 0 Å². The number of hydrogen-bond donors (Lipinski definition) is 0. The number of benzene rings is 1. The molecular weight excluding hydrogens is 210 g/mol. The van der Waals surface area contributed by atoms with Crippen molar-refractivity contribution < 1.29 is 4.79 Å². The molecule has 2 rings (SSSR count). The van der Waals surface area contributed by atoms with Crippen LogP contribution in [0.25, 0.3) is 0 Å². The van der Waals surface area contributed by atoms with E-state index in [0.29, 0.717) is 6.04 Å². The van der Waals surface area contributed by atoms with Crippen LogP contribution in [0.1, 0.15) is 43.0 Å². The van der Waals surface area contributed by atoms with Gasteiger partial charge in [0.15, 0.2) is 0 Å². The van der Waals surface area contributed by atoms with Crippen LogP contribution in [-0.4, -0.2) is 19.4 Å². The average molecular weight is 231 g/mol. The normalized spacial score (nSPS) is 24.4. The van der Waals surface area contributed by atoms with Crippen molar-refractivity contribution >= 4 is 12.0 Å². The quantitative estimate of drug-likeness (QED) is 0.742. The van der Waals surface area contributed by atoms with Crippen LogP contribution in [-0.2, 0) is 0 Å². The summed E-state index contributed by atoms with van der Waals surface area (Å²) in [5, 5.41) is 0. The van der Waals surface area contributed by atoms with Crippen molar-refractivity contribution in [2.45, 2.75) is 38.6 Å². The first-order valence-electron chi connectivity index (χ1n) is 6.50. The smallest absolute Gasteiger partial charge is 0.150 e. The zero-order valence-corrected chi connectivity index (χ0v) is 10.7. The molecule has 1 saturated carbocycles. The van der Waals surface area contributed by atoms with Gasteiger partial charge in [0.1, 0.15) is 6.29 Å². The molecule has 0 bridgehead atoms. The number of hydrogen-bond acceptors (Lipinski definition) is 2. The van der Waals surface area contributed by atoms with Crippen molar-refractivity contribution in [3.05, 3.63) is 29.8 Å². The van der Waals surface area contributed by atoms with E-state index >= 15 is 0 Å². The summed E-state index contributed by atoms with van der Waals surface area (Å²) in [4.78, 5) is 13.0. The summed E-state index contributed by atoms with van der Waals surface area (Å²) in [6.07, 6.45) is 6.23. The fourth-order valence-corrected chi connectivity index (χ4v) is 2.85. The molecular formula is C15H21NO. The molecule has 0 amide bonds. The van der Waals surface area contributed by atoms with E-state index in [1.807, 2.05) is 24.3 Å². The third-order valence-electron chi connectivity index (χ3n) is 4.00. The second-order valence-corrected chi connectivity index (χ2v) is 5.15. The van der Waals surface area contributed by atoms with E-state index in [0.717, 1.165) is 17.8 Å². The lowest BCUT2D eigenvalue weighted by molar-refractivity contribution is 0.112. The van der Waals surface area contributed by atoms with Gasteiger partial charge in [0, 0.05) is 24.3 Å². The Bertz CT molecular complexity index is 371. The van der Waals surface area contributed by atoms with Gasteiger partial charge in [0.2, 0.25) is 0 Å². The largest absolute Gasteiger partial charge is 0.371 e. The van der Waals surface area contributed by atoms with Gasteiger partial charge in [-0.15, -0.1) is 0 Å². The Morgan fingerprint density at radius 3 is 2.41 bits per heavy atom. The van der Waals surface area contributed by atoms with Gasteiger partial charge in [0.25, 0.3) is 0 Å². The second kappa shape index (κ2) is 5.35. The van der Waals surface area contributed by atoms with Crippen LogP contribution in [0.5, 0.6) is 0 Å². The fourth-order valence-electron chi connectivity index (χ4n) is 2.85. The van der Waals surface area contributed by atoms with Crippen molar-refractivity contribution in [2.75, 3.05) is 11.9 Å². The molecule has 2 unspecified atom stereocenters. The minimum Gasteiger partial charge on any atom is -0.371 e. The van der Waals surface area contributed by atoms with Crippen LogP contribution in [0.4, 0.5) is 5.69 Å². The summed E-state index contributed by atoms with van der Waals surface area (Å²) < 4.78 is 0. The molecule has 2 nitrogen and oxygen atoms in total. The van der Waals surface area contributed by atoms with E-state index in [9.17, 15) is 4.79 Å². The maximum Gasteiger partial charge on any atom is 0.150 e. The van der Waals surface area contributed by atoms with Crippen LogP contribution < -0.4 is 4.90 Å². The second-order valence-electron chi connectivity index (χ2n) is 5.15. The number of carbonyl (C=O) groups excluding carboxylic acids is 1. The molecule has 0 aromatic heterocycles. The van der Waals surface area contributed by atoms with Crippen molar-refractivity contribution in [3.8, 4) is 0 Å². The van der Waals surface area contributed by atoms with Gasteiger partial charge in [-0.2, -0.15) is 0 Å². The lowest BCUT2D eigenvalue weighted by atomic mass is 9.85. The van der Waals surface area contributed by atoms with Gasteiger partial charge in [0.05, 0.1) is 0 Å². The van der Waals surface area contributed by atoms with Crippen LogP contribution >= 0.6 is 0 Å². The van der Waals surface area contributed by atoms with E-state index in [1.54, 1.807) is 0 Å². The van der Waals surface area contributed by atoms with Crippen LogP contribution in [0.15, 0.2) is 24.3 Å². The van der Waals surface area contributed by atoms with Crippen LogP contribution in [0.3, 0.4) is 0 Å². The highest BCUT2D eigenvalue weighted by atomic mass is 16.1. The molecule has 0 N–H and O–H groups in total. The van der Waals surface area contributed by atoms with Crippen molar-refractivity contribution in [3.63, 3.8) is 0 Å². The van der Waals surface area contributed by atoms with Crippen molar-refractivity contribution in [2.24, 2.45) is 5.92 Å². The van der Waals surface area contributed by atoms with Gasteiger partial charge in [-0.05, 0) is 43.0 Å². The topological polar surface area (TPSA) is 20.3 Å². The zero-order chi connectivity index (χ0) is 12.3. The molecule has 2 heteroatoms. The Morgan fingerprint density at radius 2 is 1.82 bits per heavy atom. The van der Waals surface area contributed by atoms with E-state index in [-0.39, 0.29) is 0 Å². The average Bonchev–Trinajstić information content (AvgIpc) is 2.39. The van der Waals surface area contributed by atoms with E-state index in [2.05, 4.69) is 18.9 Å². The number of anilines is 1. The summed E-state index contributed by atoms with van der Waals surface area (Å²) in [5.41, 5.74) is 1.97. The van der Waals surface area contributed by atoms with Crippen LogP contribution in [0.2, 0.25) is 0 Å². The molecule has 92 valence electrons. The highest BCUT2D eigenvalue weighted by Gasteiger charge is 2.24. The maximum atomic E-state index is 10.6. The van der Waals surface area contributed by atoms with Crippen LogP contribution in [0, 0.1) is 5.92 Å². The molecule has 0 heterocycles. The minimum atomic E-state index is 0.644. The Hall–Kier alpha value is -1.31. The molecule has 1 aliphatic rings. The number of aldehydes is 1. The third-order valence-corrected chi connectivity index (χ3v) is 4.00. The number of rotatable bonds is 3. The lowest BCUT2D eigenvalue weighted by Gasteiger charge is -2.37. The predicted octanol–water partition coefficient (Wildman–Crippen LogP) is 3.51. The highest BCUT2D eigenvalue weighted by molar-refractivity contribution is 5.75. The molecule has 17 heavy (non-hydrogen) atoms. The summed E-state index contributed by atoms with van der Waals surface area (Å²) >= 11 is 0. The summed E-state index contributed by atoms with van der Waals surface area (Å²) in [6, 6.07) is 8.53. The Labute approximate surface area is 104 Å².